The monoisotopic (exact) mass is 296 g/mol. The Balaban J connectivity index is 1.87. The van der Waals surface area contributed by atoms with Crippen LogP contribution >= 0.6 is 0 Å². The van der Waals surface area contributed by atoms with E-state index in [0.29, 0.717) is 0 Å². The normalized spacial score (nSPS) is 13.5. The zero-order valence-corrected chi connectivity index (χ0v) is 14.0. The first-order chi connectivity index (χ1) is 11.1. The van der Waals surface area contributed by atoms with Crippen molar-refractivity contribution in [2.24, 2.45) is 0 Å². The van der Waals surface area contributed by atoms with Gasteiger partial charge in [0.05, 0.1) is 0 Å². The van der Waals surface area contributed by atoms with E-state index in [4.69, 9.17) is 0 Å². The number of aryl methyl sites for hydroxylation is 3. The predicted molar refractivity (Wildman–Crippen MR) is 97.1 cm³/mol. The van der Waals surface area contributed by atoms with Crippen LogP contribution in [0.5, 0.6) is 0 Å². The van der Waals surface area contributed by atoms with Crippen LogP contribution in [-0.2, 0) is 12.8 Å². The van der Waals surface area contributed by atoms with Gasteiger partial charge in [0, 0.05) is 0 Å². The van der Waals surface area contributed by atoms with E-state index in [-0.39, 0.29) is 0 Å². The molecule has 3 aromatic carbocycles. The summed E-state index contributed by atoms with van der Waals surface area (Å²) >= 11 is 0. The predicted octanol–water partition coefficient (Wildman–Crippen LogP) is 5.75. The van der Waals surface area contributed by atoms with Crippen LogP contribution < -0.4 is 0 Å². The summed E-state index contributed by atoms with van der Waals surface area (Å²) in [6, 6.07) is 16.4. The van der Waals surface area contributed by atoms with Crippen molar-refractivity contribution in [2.45, 2.75) is 33.6 Å². The summed E-state index contributed by atoms with van der Waals surface area (Å²) in [5.41, 5.74) is 16.1. The van der Waals surface area contributed by atoms with Gasteiger partial charge in [0.15, 0.2) is 0 Å². The van der Waals surface area contributed by atoms with Crippen molar-refractivity contribution in [3.05, 3.63) is 81.4 Å². The van der Waals surface area contributed by atoms with E-state index in [9.17, 15) is 0 Å². The number of fused-ring (bicyclic) bond motifs is 7. The molecular weight excluding hydrogens is 276 g/mol. The highest BCUT2D eigenvalue weighted by Gasteiger charge is 2.29. The van der Waals surface area contributed by atoms with Gasteiger partial charge in [-0.3, -0.25) is 0 Å². The highest BCUT2D eigenvalue weighted by atomic mass is 14.3. The Morgan fingerprint density at radius 3 is 2.09 bits per heavy atom. The SMILES string of the molecule is Cc1ccc2c(c1)-c1c(ccc3c1-c1cc(C)cc(C)c1C3)C2. The molecule has 0 amide bonds. The van der Waals surface area contributed by atoms with Crippen molar-refractivity contribution in [3.63, 3.8) is 0 Å². The van der Waals surface area contributed by atoms with Gasteiger partial charge in [-0.1, -0.05) is 53.6 Å². The molecule has 0 aliphatic heterocycles. The van der Waals surface area contributed by atoms with Gasteiger partial charge >= 0.3 is 0 Å². The molecule has 0 unspecified atom stereocenters. The Hall–Kier alpha value is -2.34. The molecule has 5 rings (SSSR count). The van der Waals surface area contributed by atoms with Crippen LogP contribution in [0, 0.1) is 20.8 Å². The van der Waals surface area contributed by atoms with Crippen molar-refractivity contribution < 1.29 is 0 Å². The first-order valence-corrected chi connectivity index (χ1v) is 8.47. The van der Waals surface area contributed by atoms with Crippen LogP contribution in [0.2, 0.25) is 0 Å². The van der Waals surface area contributed by atoms with E-state index >= 15 is 0 Å². The maximum absolute atomic E-state index is 2.39. The fourth-order valence-corrected chi connectivity index (χ4v) is 4.53. The highest BCUT2D eigenvalue weighted by molar-refractivity contribution is 5.95. The van der Waals surface area contributed by atoms with Crippen LogP contribution in [0.15, 0.2) is 42.5 Å². The third-order valence-electron chi connectivity index (χ3n) is 5.55. The maximum Gasteiger partial charge on any atom is -0.00106 e. The van der Waals surface area contributed by atoms with Crippen molar-refractivity contribution in [2.75, 3.05) is 0 Å². The van der Waals surface area contributed by atoms with Crippen molar-refractivity contribution in [1.29, 1.82) is 0 Å². The second kappa shape index (κ2) is 4.35. The summed E-state index contributed by atoms with van der Waals surface area (Å²) in [5, 5.41) is 0. The van der Waals surface area contributed by atoms with E-state index in [1.54, 1.807) is 0 Å². The molecule has 0 saturated heterocycles. The molecule has 0 heterocycles. The highest BCUT2D eigenvalue weighted by Crippen LogP contribution is 2.49. The summed E-state index contributed by atoms with van der Waals surface area (Å²) in [6.45, 7) is 6.67. The fraction of sp³-hybridized carbons (Fsp3) is 0.217. The van der Waals surface area contributed by atoms with Crippen molar-refractivity contribution >= 4 is 0 Å². The summed E-state index contributed by atoms with van der Waals surface area (Å²) in [7, 11) is 0. The van der Waals surface area contributed by atoms with Gasteiger partial charge in [-0.25, -0.2) is 0 Å². The maximum atomic E-state index is 2.39. The molecule has 112 valence electrons. The van der Waals surface area contributed by atoms with Gasteiger partial charge in [0.1, 0.15) is 0 Å². The van der Waals surface area contributed by atoms with E-state index in [0.717, 1.165) is 12.8 Å². The van der Waals surface area contributed by atoms with Gasteiger partial charge in [-0.2, -0.15) is 0 Å². The minimum Gasteiger partial charge on any atom is -0.0590 e. The Bertz CT molecular complexity index is 989. The third-order valence-corrected chi connectivity index (χ3v) is 5.55. The second-order valence-corrected chi connectivity index (χ2v) is 7.26. The molecule has 0 atom stereocenters. The summed E-state index contributed by atoms with van der Waals surface area (Å²) < 4.78 is 0. The smallest absolute Gasteiger partial charge is 0.00106 e. The Morgan fingerprint density at radius 2 is 1.26 bits per heavy atom. The first-order valence-electron chi connectivity index (χ1n) is 8.47. The molecule has 23 heavy (non-hydrogen) atoms. The minimum absolute atomic E-state index is 1.08. The Labute approximate surface area is 137 Å². The molecule has 0 heteroatoms. The lowest BCUT2D eigenvalue weighted by atomic mass is 9.92. The molecule has 0 N–H and O–H groups in total. The lowest BCUT2D eigenvalue weighted by Gasteiger charge is -2.12. The molecule has 0 radical (unpaired) electrons. The lowest BCUT2D eigenvalue weighted by molar-refractivity contribution is 1.20. The molecule has 0 nitrogen and oxygen atoms in total. The van der Waals surface area contributed by atoms with Gasteiger partial charge < -0.3 is 0 Å². The average Bonchev–Trinajstić information content (AvgIpc) is 3.05. The summed E-state index contributed by atoms with van der Waals surface area (Å²) in [5.74, 6) is 0. The Morgan fingerprint density at radius 1 is 0.609 bits per heavy atom. The largest absolute Gasteiger partial charge is 0.0590 e. The van der Waals surface area contributed by atoms with Gasteiger partial charge in [0.25, 0.3) is 0 Å². The average molecular weight is 296 g/mol. The topological polar surface area (TPSA) is 0 Å². The van der Waals surface area contributed by atoms with Crippen LogP contribution in [0.25, 0.3) is 22.3 Å². The summed E-state index contributed by atoms with van der Waals surface area (Å²) in [6.07, 6.45) is 2.17. The van der Waals surface area contributed by atoms with E-state index in [1.165, 1.54) is 61.2 Å². The standard InChI is InChI=1S/C23H20/c1-13-4-5-16-11-17-6-7-18-12-19-15(3)8-14(2)10-21(19)23(18)22(17)20(16)9-13/h4-10H,11-12H2,1-3H3. The number of hydrogen-bond acceptors (Lipinski definition) is 0. The molecule has 0 aromatic heterocycles. The summed E-state index contributed by atoms with van der Waals surface area (Å²) in [4.78, 5) is 0. The molecule has 0 spiro atoms. The van der Waals surface area contributed by atoms with Gasteiger partial charge in [0.2, 0.25) is 0 Å². The van der Waals surface area contributed by atoms with E-state index < -0.39 is 0 Å². The molecule has 2 aliphatic rings. The molecule has 3 aromatic rings. The number of benzene rings is 3. The quantitative estimate of drug-likeness (QED) is 0.341. The van der Waals surface area contributed by atoms with Crippen LogP contribution in [0.3, 0.4) is 0 Å². The number of hydrogen-bond donors (Lipinski definition) is 0. The van der Waals surface area contributed by atoms with E-state index in [1.807, 2.05) is 0 Å². The van der Waals surface area contributed by atoms with Crippen LogP contribution in [0.1, 0.15) is 38.9 Å². The zero-order valence-electron chi connectivity index (χ0n) is 14.0. The molecule has 2 aliphatic carbocycles. The fourth-order valence-electron chi connectivity index (χ4n) is 4.53. The lowest BCUT2D eigenvalue weighted by Crippen LogP contribution is -1.88. The third kappa shape index (κ3) is 1.72. The molecule has 0 fully saturated rings. The van der Waals surface area contributed by atoms with Crippen molar-refractivity contribution in [3.8, 4) is 22.3 Å². The van der Waals surface area contributed by atoms with Gasteiger partial charge in [-0.05, 0) is 83.7 Å². The van der Waals surface area contributed by atoms with Crippen molar-refractivity contribution in [1.82, 2.24) is 0 Å². The minimum atomic E-state index is 1.08. The number of rotatable bonds is 0. The molecular formula is C23H20. The van der Waals surface area contributed by atoms with Gasteiger partial charge in [-0.15, -0.1) is 0 Å². The second-order valence-electron chi connectivity index (χ2n) is 7.26. The van der Waals surface area contributed by atoms with E-state index in [2.05, 4.69) is 63.2 Å². The Kier molecular flexibility index (Phi) is 2.48. The molecule has 0 bridgehead atoms. The van der Waals surface area contributed by atoms with Crippen LogP contribution in [-0.4, -0.2) is 0 Å². The first kappa shape index (κ1) is 13.1. The zero-order chi connectivity index (χ0) is 15.7. The molecule has 0 saturated carbocycles. The van der Waals surface area contributed by atoms with Crippen LogP contribution in [0.4, 0.5) is 0 Å².